The van der Waals surface area contributed by atoms with Crippen LogP contribution in [0.5, 0.6) is 0 Å². The summed E-state index contributed by atoms with van der Waals surface area (Å²) in [5.74, 6) is 0.859. The summed E-state index contributed by atoms with van der Waals surface area (Å²) in [5.41, 5.74) is 0. The lowest BCUT2D eigenvalue weighted by Gasteiger charge is -2.34. The lowest BCUT2D eigenvalue weighted by Crippen LogP contribution is -2.48. The first-order valence-electron chi connectivity index (χ1n) is 5.12. The Morgan fingerprint density at radius 1 is 1.29 bits per heavy atom. The quantitative estimate of drug-likeness (QED) is 0.831. The Hall–Kier alpha value is -0.820. The van der Waals surface area contributed by atoms with E-state index in [1.54, 1.807) is 6.20 Å². The van der Waals surface area contributed by atoms with Gasteiger partial charge in [-0.15, -0.1) is 0 Å². The van der Waals surface area contributed by atoms with Crippen molar-refractivity contribution in [1.82, 2.24) is 9.88 Å². The van der Waals surface area contributed by atoms with Crippen LogP contribution in [0.15, 0.2) is 21.2 Å². The highest BCUT2D eigenvalue weighted by Gasteiger charge is 2.22. The van der Waals surface area contributed by atoms with Gasteiger partial charge in [-0.1, -0.05) is 0 Å². The molecule has 0 unspecified atom stereocenters. The molecule has 1 aliphatic rings. The van der Waals surface area contributed by atoms with Crippen LogP contribution in [0.3, 0.4) is 0 Å². The molecule has 1 amide bonds. The minimum Gasteiger partial charge on any atom is -0.465 e. The number of carbonyl (C=O) groups is 1. The number of carboxylic acid groups (broad SMARTS) is 1. The van der Waals surface area contributed by atoms with E-state index in [9.17, 15) is 4.79 Å². The van der Waals surface area contributed by atoms with Gasteiger partial charge in [0.2, 0.25) is 0 Å². The Morgan fingerprint density at radius 3 is 2.47 bits per heavy atom. The van der Waals surface area contributed by atoms with Gasteiger partial charge in [-0.25, -0.2) is 9.78 Å². The second-order valence-electron chi connectivity index (χ2n) is 3.72. The Kier molecular flexibility index (Phi) is 3.88. The van der Waals surface area contributed by atoms with Crippen LogP contribution in [-0.4, -0.2) is 47.3 Å². The predicted octanol–water partition coefficient (Wildman–Crippen LogP) is 2.41. The topological polar surface area (TPSA) is 56.7 Å². The highest BCUT2D eigenvalue weighted by atomic mass is 79.9. The summed E-state index contributed by atoms with van der Waals surface area (Å²) >= 11 is 6.81. The van der Waals surface area contributed by atoms with Gasteiger partial charge in [-0.2, -0.15) is 0 Å². The SMILES string of the molecule is O=C(O)N1CCN(c2ncc(Br)cc2Br)CC1. The van der Waals surface area contributed by atoms with Crippen molar-refractivity contribution in [2.24, 2.45) is 0 Å². The number of piperazine rings is 1. The van der Waals surface area contributed by atoms with Crippen molar-refractivity contribution in [2.45, 2.75) is 0 Å². The fourth-order valence-corrected chi connectivity index (χ4v) is 2.99. The summed E-state index contributed by atoms with van der Waals surface area (Å²) in [6.07, 6.45) is 0.886. The van der Waals surface area contributed by atoms with Crippen molar-refractivity contribution < 1.29 is 9.90 Å². The zero-order valence-corrected chi connectivity index (χ0v) is 12.1. The molecule has 0 bridgehead atoms. The number of nitrogens with zero attached hydrogens (tertiary/aromatic N) is 3. The monoisotopic (exact) mass is 363 g/mol. The lowest BCUT2D eigenvalue weighted by atomic mass is 10.3. The summed E-state index contributed by atoms with van der Waals surface area (Å²) in [5, 5.41) is 8.86. The van der Waals surface area contributed by atoms with Crippen LogP contribution in [0.4, 0.5) is 10.6 Å². The summed E-state index contributed by atoms with van der Waals surface area (Å²) in [4.78, 5) is 18.6. The number of hydrogen-bond donors (Lipinski definition) is 1. The van der Waals surface area contributed by atoms with E-state index < -0.39 is 6.09 Å². The maximum Gasteiger partial charge on any atom is 0.407 e. The van der Waals surface area contributed by atoms with Crippen molar-refractivity contribution in [3.63, 3.8) is 0 Å². The molecule has 1 saturated heterocycles. The Balaban J connectivity index is 2.08. The van der Waals surface area contributed by atoms with Gasteiger partial charge in [0, 0.05) is 36.8 Å². The summed E-state index contributed by atoms with van der Waals surface area (Å²) < 4.78 is 1.83. The van der Waals surface area contributed by atoms with Crippen LogP contribution < -0.4 is 4.90 Å². The van der Waals surface area contributed by atoms with Crippen LogP contribution >= 0.6 is 31.9 Å². The highest BCUT2D eigenvalue weighted by Crippen LogP contribution is 2.27. The van der Waals surface area contributed by atoms with Gasteiger partial charge in [-0.05, 0) is 37.9 Å². The molecule has 1 fully saturated rings. The smallest absolute Gasteiger partial charge is 0.407 e. The summed E-state index contributed by atoms with van der Waals surface area (Å²) in [7, 11) is 0. The summed E-state index contributed by atoms with van der Waals surface area (Å²) in [6, 6.07) is 1.94. The number of anilines is 1. The van der Waals surface area contributed by atoms with Crippen LogP contribution in [0, 0.1) is 0 Å². The molecule has 0 aliphatic carbocycles. The number of aromatic nitrogens is 1. The number of rotatable bonds is 1. The molecule has 92 valence electrons. The first-order chi connectivity index (χ1) is 8.08. The minimum absolute atomic E-state index is 0.513. The molecule has 1 N–H and O–H groups in total. The van der Waals surface area contributed by atoms with Crippen molar-refractivity contribution in [3.05, 3.63) is 21.2 Å². The molecule has 0 saturated carbocycles. The van der Waals surface area contributed by atoms with E-state index in [1.807, 2.05) is 6.07 Å². The van der Waals surface area contributed by atoms with Gasteiger partial charge in [0.15, 0.2) is 0 Å². The zero-order chi connectivity index (χ0) is 12.4. The molecule has 0 aromatic carbocycles. The molecular weight excluding hydrogens is 354 g/mol. The zero-order valence-electron chi connectivity index (χ0n) is 8.94. The van der Waals surface area contributed by atoms with E-state index in [-0.39, 0.29) is 0 Å². The second-order valence-corrected chi connectivity index (χ2v) is 5.49. The molecule has 0 radical (unpaired) electrons. The van der Waals surface area contributed by atoms with Crippen molar-refractivity contribution in [2.75, 3.05) is 31.1 Å². The van der Waals surface area contributed by atoms with E-state index in [0.29, 0.717) is 26.2 Å². The van der Waals surface area contributed by atoms with Gasteiger partial charge >= 0.3 is 6.09 Å². The van der Waals surface area contributed by atoms with Gasteiger partial charge in [0.1, 0.15) is 5.82 Å². The van der Waals surface area contributed by atoms with E-state index in [4.69, 9.17) is 5.11 Å². The van der Waals surface area contributed by atoms with Crippen LogP contribution in [0.1, 0.15) is 0 Å². The fraction of sp³-hybridized carbons (Fsp3) is 0.400. The molecule has 2 heterocycles. The number of hydrogen-bond acceptors (Lipinski definition) is 3. The van der Waals surface area contributed by atoms with E-state index in [0.717, 1.165) is 14.8 Å². The van der Waals surface area contributed by atoms with Gasteiger partial charge in [0.05, 0.1) is 4.47 Å². The highest BCUT2D eigenvalue weighted by molar-refractivity contribution is 9.11. The van der Waals surface area contributed by atoms with Gasteiger partial charge in [0.25, 0.3) is 0 Å². The third kappa shape index (κ3) is 2.90. The molecule has 2 rings (SSSR count). The molecule has 1 aromatic heterocycles. The number of amides is 1. The van der Waals surface area contributed by atoms with E-state index >= 15 is 0 Å². The van der Waals surface area contributed by atoms with E-state index in [1.165, 1.54) is 4.90 Å². The molecule has 7 heteroatoms. The largest absolute Gasteiger partial charge is 0.465 e. The van der Waals surface area contributed by atoms with Crippen LogP contribution in [-0.2, 0) is 0 Å². The first-order valence-corrected chi connectivity index (χ1v) is 6.70. The minimum atomic E-state index is -0.854. The normalized spacial score (nSPS) is 16.1. The predicted molar refractivity (Wildman–Crippen MR) is 71.4 cm³/mol. The first kappa shape index (κ1) is 12.6. The average Bonchev–Trinajstić information content (AvgIpc) is 2.29. The van der Waals surface area contributed by atoms with Crippen LogP contribution in [0.25, 0.3) is 0 Å². The molecular formula is C10H11Br2N3O2. The molecule has 0 spiro atoms. The van der Waals surface area contributed by atoms with Gasteiger partial charge in [-0.3, -0.25) is 0 Å². The Labute approximate surface area is 116 Å². The molecule has 5 nitrogen and oxygen atoms in total. The fourth-order valence-electron chi connectivity index (χ4n) is 1.75. The third-order valence-electron chi connectivity index (χ3n) is 2.64. The summed E-state index contributed by atoms with van der Waals surface area (Å²) in [6.45, 7) is 2.36. The molecule has 17 heavy (non-hydrogen) atoms. The standard InChI is InChI=1S/C10H11Br2N3O2/c11-7-5-8(12)9(13-6-7)14-1-3-15(4-2-14)10(16)17/h5-6H,1-4H2,(H,16,17). The lowest BCUT2D eigenvalue weighted by molar-refractivity contribution is 0.142. The molecule has 1 aliphatic heterocycles. The average molecular weight is 365 g/mol. The van der Waals surface area contributed by atoms with Crippen molar-refractivity contribution in [3.8, 4) is 0 Å². The second kappa shape index (κ2) is 5.22. The van der Waals surface area contributed by atoms with Gasteiger partial charge < -0.3 is 14.9 Å². The maximum atomic E-state index is 10.8. The maximum absolute atomic E-state index is 10.8. The number of halogens is 2. The molecule has 0 atom stereocenters. The Bertz CT molecular complexity index is 434. The van der Waals surface area contributed by atoms with Crippen molar-refractivity contribution in [1.29, 1.82) is 0 Å². The van der Waals surface area contributed by atoms with Crippen LogP contribution in [0.2, 0.25) is 0 Å². The van der Waals surface area contributed by atoms with Crippen molar-refractivity contribution >= 4 is 43.8 Å². The third-order valence-corrected chi connectivity index (χ3v) is 3.66. The number of pyridine rings is 1. The van der Waals surface area contributed by atoms with E-state index in [2.05, 4.69) is 41.7 Å². The molecule has 1 aromatic rings. The Morgan fingerprint density at radius 2 is 1.94 bits per heavy atom.